The molecule has 0 spiro atoms. The maximum atomic E-state index is 13.9. The number of carbonyl (C=O) groups is 2. The van der Waals surface area contributed by atoms with E-state index < -0.39 is 29.0 Å². The van der Waals surface area contributed by atoms with Gasteiger partial charge in [-0.25, -0.2) is 9.29 Å². The lowest BCUT2D eigenvalue weighted by Gasteiger charge is -2.40. The Morgan fingerprint density at radius 1 is 1.18 bits per heavy atom. The van der Waals surface area contributed by atoms with E-state index in [-0.39, 0.29) is 22.4 Å². The molecule has 1 aliphatic carbocycles. The minimum absolute atomic E-state index is 0.0799. The van der Waals surface area contributed by atoms with E-state index in [2.05, 4.69) is 6.58 Å². The van der Waals surface area contributed by atoms with Crippen LogP contribution >= 0.6 is 11.6 Å². The number of phenolic OH excluding ortho intramolecular Hbond substituents is 1. The zero-order valence-corrected chi connectivity index (χ0v) is 18.6. The molecule has 33 heavy (non-hydrogen) atoms. The number of rotatable bonds is 3. The van der Waals surface area contributed by atoms with Gasteiger partial charge in [-0.05, 0) is 42.5 Å². The molecule has 6 heteroatoms. The first-order valence-corrected chi connectivity index (χ1v) is 11.0. The van der Waals surface area contributed by atoms with Crippen LogP contribution in [-0.4, -0.2) is 16.9 Å². The number of benzene rings is 3. The van der Waals surface area contributed by atoms with Gasteiger partial charge in [0.1, 0.15) is 11.6 Å². The number of anilines is 1. The summed E-state index contributed by atoms with van der Waals surface area (Å²) in [6.07, 6.45) is 3.94. The number of halogens is 2. The molecule has 3 atom stereocenters. The molecular weight excluding hydrogens is 441 g/mol. The number of hydrogen-bond acceptors (Lipinski definition) is 3. The molecule has 1 fully saturated rings. The van der Waals surface area contributed by atoms with Crippen LogP contribution in [0, 0.1) is 17.2 Å². The highest BCUT2D eigenvalue weighted by Gasteiger charge is 2.62. The summed E-state index contributed by atoms with van der Waals surface area (Å²) < 4.78 is 13.7. The van der Waals surface area contributed by atoms with E-state index in [4.69, 9.17) is 11.6 Å². The van der Waals surface area contributed by atoms with Gasteiger partial charge in [0.2, 0.25) is 11.8 Å². The van der Waals surface area contributed by atoms with Crippen LogP contribution in [0.2, 0.25) is 5.02 Å². The monoisotopic (exact) mass is 461 g/mol. The fraction of sp³-hybridized carbons (Fsp3) is 0.185. The molecule has 4 nitrogen and oxygen atoms in total. The van der Waals surface area contributed by atoms with Crippen molar-refractivity contribution in [1.82, 2.24) is 0 Å². The van der Waals surface area contributed by atoms with Crippen LogP contribution in [0.3, 0.4) is 0 Å². The Bertz CT molecular complexity index is 1380. The normalized spacial score (nSPS) is 24.7. The van der Waals surface area contributed by atoms with Crippen molar-refractivity contribution in [3.63, 3.8) is 0 Å². The van der Waals surface area contributed by atoms with Gasteiger partial charge >= 0.3 is 0 Å². The van der Waals surface area contributed by atoms with Gasteiger partial charge in [0.15, 0.2) is 0 Å². The summed E-state index contributed by atoms with van der Waals surface area (Å²) in [7, 11) is 0. The molecule has 2 aliphatic rings. The van der Waals surface area contributed by atoms with Crippen molar-refractivity contribution in [1.29, 1.82) is 0 Å². The van der Waals surface area contributed by atoms with Gasteiger partial charge in [0.25, 0.3) is 0 Å². The molecule has 0 aromatic heterocycles. The minimum Gasteiger partial charge on any atom is -0.507 e. The van der Waals surface area contributed by atoms with Gasteiger partial charge < -0.3 is 5.11 Å². The van der Waals surface area contributed by atoms with Gasteiger partial charge in [0, 0.05) is 16.9 Å². The van der Waals surface area contributed by atoms with Gasteiger partial charge in [0.05, 0.1) is 22.0 Å². The van der Waals surface area contributed by atoms with E-state index in [1.807, 2.05) is 42.5 Å². The van der Waals surface area contributed by atoms with E-state index in [0.29, 0.717) is 17.4 Å². The highest BCUT2D eigenvalue weighted by atomic mass is 35.5. The first kappa shape index (κ1) is 21.4. The second-order valence-electron chi connectivity index (χ2n) is 8.71. The van der Waals surface area contributed by atoms with Gasteiger partial charge in [-0.15, -0.1) is 0 Å². The maximum Gasteiger partial charge on any atom is 0.241 e. The molecule has 5 rings (SSSR count). The van der Waals surface area contributed by atoms with E-state index in [0.717, 1.165) is 21.9 Å². The van der Waals surface area contributed by atoms with Gasteiger partial charge in [-0.2, -0.15) is 0 Å². The fourth-order valence-corrected chi connectivity index (χ4v) is 5.54. The molecule has 1 aliphatic heterocycles. The van der Waals surface area contributed by atoms with E-state index in [9.17, 15) is 19.1 Å². The number of aromatic hydroxyl groups is 1. The summed E-state index contributed by atoms with van der Waals surface area (Å²) in [4.78, 5) is 28.5. The molecule has 166 valence electrons. The Morgan fingerprint density at radius 2 is 1.94 bits per heavy atom. The standard InChI is InChI=1S/C27H21ClFNO3/c1-3-15-9-12-20-25(32)30(17-10-13-22(29)21(28)14-17)26(33)27(20,2)23(15)19-11-8-16-6-4-5-7-18(16)24(19)31/h3-11,13-14,20,23,31H,1,12H2,2H3/t20-,23+,27+/m0/s1. The van der Waals surface area contributed by atoms with Crippen LogP contribution in [0.5, 0.6) is 5.75 Å². The largest absolute Gasteiger partial charge is 0.507 e. The van der Waals surface area contributed by atoms with Gasteiger partial charge in [-0.3, -0.25) is 9.59 Å². The van der Waals surface area contributed by atoms with E-state index in [1.165, 1.54) is 12.1 Å². The molecule has 0 saturated carbocycles. The molecule has 0 unspecified atom stereocenters. The third-order valence-corrected chi connectivity index (χ3v) is 7.36. The topological polar surface area (TPSA) is 57.6 Å². The van der Waals surface area contributed by atoms with Crippen LogP contribution in [0.25, 0.3) is 10.8 Å². The molecule has 0 bridgehead atoms. The van der Waals surface area contributed by atoms with Crippen LogP contribution in [0.1, 0.15) is 24.8 Å². The summed E-state index contributed by atoms with van der Waals surface area (Å²) in [5.41, 5.74) is 0.399. The Balaban J connectivity index is 1.70. The Hall–Kier alpha value is -3.44. The van der Waals surface area contributed by atoms with Crippen molar-refractivity contribution in [2.45, 2.75) is 19.3 Å². The van der Waals surface area contributed by atoms with Crippen LogP contribution in [0.15, 0.2) is 78.9 Å². The van der Waals surface area contributed by atoms with Crippen molar-refractivity contribution >= 4 is 39.9 Å². The number of amides is 2. The zero-order valence-electron chi connectivity index (χ0n) is 17.9. The van der Waals surface area contributed by atoms with Crippen LogP contribution in [-0.2, 0) is 9.59 Å². The lowest BCUT2D eigenvalue weighted by molar-refractivity contribution is -0.127. The molecule has 1 heterocycles. The quantitative estimate of drug-likeness (QED) is 0.477. The second-order valence-corrected chi connectivity index (χ2v) is 9.12. The van der Waals surface area contributed by atoms with Gasteiger partial charge in [-0.1, -0.05) is 66.7 Å². The molecule has 1 N–H and O–H groups in total. The Morgan fingerprint density at radius 3 is 2.67 bits per heavy atom. The number of nitrogens with zero attached hydrogens (tertiary/aromatic N) is 1. The average molecular weight is 462 g/mol. The second kappa shape index (κ2) is 7.56. The summed E-state index contributed by atoms with van der Waals surface area (Å²) >= 11 is 5.94. The van der Waals surface area contributed by atoms with Crippen molar-refractivity contribution in [3.8, 4) is 5.75 Å². The number of hydrogen-bond donors (Lipinski definition) is 1. The van der Waals surface area contributed by atoms with E-state index in [1.54, 1.807) is 13.0 Å². The molecule has 1 saturated heterocycles. The maximum absolute atomic E-state index is 13.9. The fourth-order valence-electron chi connectivity index (χ4n) is 5.37. The number of phenols is 1. The third kappa shape index (κ3) is 2.96. The zero-order chi connectivity index (χ0) is 23.5. The summed E-state index contributed by atoms with van der Waals surface area (Å²) in [5.74, 6) is -2.56. The Labute approximate surface area is 195 Å². The average Bonchev–Trinajstić information content (AvgIpc) is 3.01. The summed E-state index contributed by atoms with van der Waals surface area (Å²) in [6, 6.07) is 15.0. The first-order valence-electron chi connectivity index (χ1n) is 10.7. The SMILES string of the molecule is C=CC1=CC[C@H]2C(=O)N(c3ccc(F)c(Cl)c3)C(=O)[C@@]2(C)[C@H]1c1ccc2ccccc2c1O. The third-order valence-electron chi connectivity index (χ3n) is 7.07. The van der Waals surface area contributed by atoms with Crippen molar-refractivity contribution < 1.29 is 19.1 Å². The van der Waals surface area contributed by atoms with Crippen LogP contribution < -0.4 is 4.90 Å². The van der Waals surface area contributed by atoms with Crippen molar-refractivity contribution in [2.24, 2.45) is 11.3 Å². The highest BCUT2D eigenvalue weighted by Crippen LogP contribution is 2.58. The number of imide groups is 1. The summed E-state index contributed by atoms with van der Waals surface area (Å²) in [5, 5.41) is 12.6. The van der Waals surface area contributed by atoms with E-state index >= 15 is 0 Å². The van der Waals surface area contributed by atoms with Crippen molar-refractivity contribution in [2.75, 3.05) is 4.90 Å². The predicted octanol–water partition coefficient (Wildman–Crippen LogP) is 6.13. The molecule has 3 aromatic carbocycles. The predicted molar refractivity (Wildman–Crippen MR) is 127 cm³/mol. The summed E-state index contributed by atoms with van der Waals surface area (Å²) in [6.45, 7) is 5.68. The molecule has 3 aromatic rings. The number of carbonyl (C=O) groups excluding carboxylic acids is 2. The molecular formula is C27H21ClFNO3. The first-order chi connectivity index (χ1) is 15.8. The van der Waals surface area contributed by atoms with Crippen LogP contribution in [0.4, 0.5) is 10.1 Å². The molecule has 2 amide bonds. The minimum atomic E-state index is -1.17. The van der Waals surface area contributed by atoms with Crippen molar-refractivity contribution in [3.05, 3.63) is 95.3 Å². The Kier molecular flexibility index (Phi) is 4.91. The smallest absolute Gasteiger partial charge is 0.241 e. The number of fused-ring (bicyclic) bond motifs is 2. The molecule has 0 radical (unpaired) electrons. The lowest BCUT2D eigenvalue weighted by atomic mass is 9.59. The lowest BCUT2D eigenvalue weighted by Crippen LogP contribution is -2.41. The number of allylic oxidation sites excluding steroid dienone is 3. The highest BCUT2D eigenvalue weighted by molar-refractivity contribution is 6.31.